The van der Waals surface area contributed by atoms with Crippen molar-refractivity contribution >= 4 is 10.9 Å². The quantitative estimate of drug-likeness (QED) is 0.916. The van der Waals surface area contributed by atoms with Gasteiger partial charge in [0.25, 0.3) is 0 Å². The van der Waals surface area contributed by atoms with Gasteiger partial charge in [0.15, 0.2) is 0 Å². The Morgan fingerprint density at radius 3 is 3.00 bits per heavy atom. The van der Waals surface area contributed by atoms with Gasteiger partial charge >= 0.3 is 0 Å². The van der Waals surface area contributed by atoms with Gasteiger partial charge in [-0.25, -0.2) is 4.39 Å². The van der Waals surface area contributed by atoms with Crippen molar-refractivity contribution in [2.45, 2.75) is 31.8 Å². The number of rotatable bonds is 5. The van der Waals surface area contributed by atoms with Gasteiger partial charge in [-0.3, -0.25) is 9.80 Å². The number of aromatic amines is 1. The number of hydrogen-bond donors (Lipinski definition) is 1. The van der Waals surface area contributed by atoms with Crippen LogP contribution in [0, 0.1) is 11.7 Å². The highest BCUT2D eigenvalue weighted by molar-refractivity contribution is 5.80. The van der Waals surface area contributed by atoms with E-state index in [1.165, 1.54) is 38.4 Å². The molecule has 118 valence electrons. The Hall–Kier alpha value is -1.39. The standard InChI is InChI=1S/C18H24FN3/c1-21(6-7-22-11-13-2-4-17(22)8-13)12-16-10-14-9-15(19)3-5-18(14)20-16/h3,5,9-10,13,17,20H,2,4,6-8,11-12H2,1H3/t13-,17+/m0/s1. The lowest BCUT2D eigenvalue weighted by Gasteiger charge is -2.28. The van der Waals surface area contributed by atoms with Crippen LogP contribution in [-0.2, 0) is 6.54 Å². The average molecular weight is 301 g/mol. The SMILES string of the molecule is CN(CCN1C[C@H]2CC[C@@H]1C2)Cc1cc2cc(F)ccc2[nH]1. The van der Waals surface area contributed by atoms with Crippen LogP contribution in [0.5, 0.6) is 0 Å². The molecule has 2 fully saturated rings. The molecule has 0 amide bonds. The van der Waals surface area contributed by atoms with Crippen molar-refractivity contribution in [2.24, 2.45) is 5.92 Å². The summed E-state index contributed by atoms with van der Waals surface area (Å²) in [5, 5.41) is 0.959. The molecule has 2 heterocycles. The third-order valence-corrected chi connectivity index (χ3v) is 5.37. The van der Waals surface area contributed by atoms with E-state index in [9.17, 15) is 4.39 Å². The van der Waals surface area contributed by atoms with Gasteiger partial charge in [0, 0.05) is 48.8 Å². The fraction of sp³-hybridized carbons (Fsp3) is 0.556. The Labute approximate surface area is 131 Å². The van der Waals surface area contributed by atoms with Crippen LogP contribution in [0.25, 0.3) is 10.9 Å². The summed E-state index contributed by atoms with van der Waals surface area (Å²) in [5.74, 6) is 0.800. The molecule has 2 atom stereocenters. The van der Waals surface area contributed by atoms with E-state index in [4.69, 9.17) is 0 Å². The molecule has 1 aliphatic carbocycles. The number of aromatic nitrogens is 1. The smallest absolute Gasteiger partial charge is 0.123 e. The van der Waals surface area contributed by atoms with Gasteiger partial charge in [-0.2, -0.15) is 0 Å². The minimum absolute atomic E-state index is 0.171. The van der Waals surface area contributed by atoms with E-state index in [0.29, 0.717) is 0 Å². The van der Waals surface area contributed by atoms with Crippen LogP contribution < -0.4 is 0 Å². The average Bonchev–Trinajstić information content (AvgIpc) is 3.18. The molecule has 3 nitrogen and oxygen atoms in total. The van der Waals surface area contributed by atoms with E-state index in [2.05, 4.69) is 27.9 Å². The molecule has 2 aromatic rings. The summed E-state index contributed by atoms with van der Waals surface area (Å²) in [6, 6.07) is 7.84. The molecule has 2 aliphatic rings. The lowest BCUT2D eigenvalue weighted by atomic mass is 10.1. The van der Waals surface area contributed by atoms with Crippen molar-refractivity contribution < 1.29 is 4.39 Å². The molecular formula is C18H24FN3. The molecule has 1 saturated carbocycles. The first-order chi connectivity index (χ1) is 10.7. The molecule has 2 bridgehead atoms. The topological polar surface area (TPSA) is 22.3 Å². The predicted octanol–water partition coefficient (Wildman–Crippen LogP) is 3.22. The number of nitrogens with one attached hydrogen (secondary N) is 1. The second-order valence-corrected chi connectivity index (χ2v) is 7.09. The highest BCUT2D eigenvalue weighted by atomic mass is 19.1. The summed E-state index contributed by atoms with van der Waals surface area (Å²) in [7, 11) is 2.17. The highest BCUT2D eigenvalue weighted by Gasteiger charge is 2.37. The molecule has 0 spiro atoms. The van der Waals surface area contributed by atoms with Crippen molar-refractivity contribution in [3.8, 4) is 0 Å². The summed E-state index contributed by atoms with van der Waals surface area (Å²) in [6.45, 7) is 4.46. The first kappa shape index (κ1) is 14.2. The van der Waals surface area contributed by atoms with E-state index >= 15 is 0 Å². The van der Waals surface area contributed by atoms with E-state index in [1.54, 1.807) is 6.07 Å². The van der Waals surface area contributed by atoms with Crippen LogP contribution in [0.1, 0.15) is 25.0 Å². The molecule has 0 radical (unpaired) electrons. The first-order valence-electron chi connectivity index (χ1n) is 8.37. The molecule has 1 N–H and O–H groups in total. The molecule has 22 heavy (non-hydrogen) atoms. The van der Waals surface area contributed by atoms with Crippen LogP contribution >= 0.6 is 0 Å². The minimum atomic E-state index is -0.171. The van der Waals surface area contributed by atoms with Gasteiger partial charge in [0.1, 0.15) is 5.82 Å². The Balaban J connectivity index is 1.33. The van der Waals surface area contributed by atoms with E-state index in [0.717, 1.165) is 41.6 Å². The summed E-state index contributed by atoms with van der Waals surface area (Å²) < 4.78 is 13.2. The summed E-state index contributed by atoms with van der Waals surface area (Å²) >= 11 is 0. The number of likely N-dealkylation sites (tertiary alicyclic amines) is 1. The summed E-state index contributed by atoms with van der Waals surface area (Å²) in [6.07, 6.45) is 4.28. The largest absolute Gasteiger partial charge is 0.357 e. The maximum Gasteiger partial charge on any atom is 0.123 e. The second kappa shape index (κ2) is 5.67. The van der Waals surface area contributed by atoms with Gasteiger partial charge in [-0.1, -0.05) is 0 Å². The van der Waals surface area contributed by atoms with Gasteiger partial charge in [0.05, 0.1) is 0 Å². The third-order valence-electron chi connectivity index (χ3n) is 5.37. The molecular weight excluding hydrogens is 277 g/mol. The van der Waals surface area contributed by atoms with Crippen molar-refractivity contribution in [3.05, 3.63) is 35.8 Å². The Kier molecular flexibility index (Phi) is 3.66. The zero-order chi connectivity index (χ0) is 15.1. The van der Waals surface area contributed by atoms with Gasteiger partial charge in [0.2, 0.25) is 0 Å². The van der Waals surface area contributed by atoms with Crippen LogP contribution in [0.4, 0.5) is 4.39 Å². The Morgan fingerprint density at radius 2 is 2.23 bits per heavy atom. The number of fused-ring (bicyclic) bond motifs is 3. The van der Waals surface area contributed by atoms with E-state index in [-0.39, 0.29) is 5.82 Å². The van der Waals surface area contributed by atoms with Crippen molar-refractivity contribution in [2.75, 3.05) is 26.7 Å². The number of piperidine rings is 1. The van der Waals surface area contributed by atoms with Gasteiger partial charge in [-0.15, -0.1) is 0 Å². The highest BCUT2D eigenvalue weighted by Crippen LogP contribution is 2.36. The van der Waals surface area contributed by atoms with Crippen molar-refractivity contribution in [1.29, 1.82) is 0 Å². The molecule has 1 aromatic heterocycles. The number of halogens is 1. The van der Waals surface area contributed by atoms with Crippen LogP contribution in [-0.4, -0.2) is 47.5 Å². The normalized spacial score (nSPS) is 24.9. The Bertz CT molecular complexity index is 665. The fourth-order valence-electron chi connectivity index (χ4n) is 4.22. The second-order valence-electron chi connectivity index (χ2n) is 7.09. The Morgan fingerprint density at radius 1 is 1.32 bits per heavy atom. The zero-order valence-corrected chi connectivity index (χ0v) is 13.2. The lowest BCUT2D eigenvalue weighted by Crippen LogP contribution is -2.38. The number of likely N-dealkylation sites (N-methyl/N-ethyl adjacent to an activating group) is 1. The first-order valence-corrected chi connectivity index (χ1v) is 8.37. The number of nitrogens with zero attached hydrogens (tertiary/aromatic N) is 2. The van der Waals surface area contributed by atoms with E-state index < -0.39 is 0 Å². The van der Waals surface area contributed by atoms with E-state index in [1.807, 2.05) is 6.07 Å². The zero-order valence-electron chi connectivity index (χ0n) is 13.2. The number of H-pyrrole nitrogens is 1. The molecule has 1 aromatic carbocycles. The molecule has 4 rings (SSSR count). The maximum absolute atomic E-state index is 13.2. The molecule has 1 saturated heterocycles. The molecule has 0 unspecified atom stereocenters. The maximum atomic E-state index is 13.2. The number of hydrogen-bond acceptors (Lipinski definition) is 2. The van der Waals surface area contributed by atoms with Crippen molar-refractivity contribution in [1.82, 2.24) is 14.8 Å². The molecule has 1 aliphatic heterocycles. The molecule has 4 heteroatoms. The minimum Gasteiger partial charge on any atom is -0.357 e. The lowest BCUT2D eigenvalue weighted by molar-refractivity contribution is 0.181. The van der Waals surface area contributed by atoms with Crippen LogP contribution in [0.2, 0.25) is 0 Å². The van der Waals surface area contributed by atoms with Gasteiger partial charge < -0.3 is 4.98 Å². The van der Waals surface area contributed by atoms with Crippen LogP contribution in [0.3, 0.4) is 0 Å². The third kappa shape index (κ3) is 2.77. The monoisotopic (exact) mass is 301 g/mol. The fourth-order valence-corrected chi connectivity index (χ4v) is 4.22. The van der Waals surface area contributed by atoms with Gasteiger partial charge in [-0.05, 0) is 56.5 Å². The summed E-state index contributed by atoms with van der Waals surface area (Å²) in [4.78, 5) is 8.41. The van der Waals surface area contributed by atoms with Crippen molar-refractivity contribution in [3.63, 3.8) is 0 Å². The number of benzene rings is 1. The predicted molar refractivity (Wildman–Crippen MR) is 87.3 cm³/mol. The van der Waals surface area contributed by atoms with Crippen LogP contribution in [0.15, 0.2) is 24.3 Å². The summed E-state index contributed by atoms with van der Waals surface area (Å²) in [5.41, 5.74) is 2.17.